The highest BCUT2D eigenvalue weighted by Crippen LogP contribution is 2.02. The Labute approximate surface area is 104 Å². The molecule has 1 aromatic rings. The summed E-state index contributed by atoms with van der Waals surface area (Å²) in [6.07, 6.45) is -1.30. The molecule has 0 aromatic carbocycles. The Morgan fingerprint density at radius 2 is 2.17 bits per heavy atom. The average molecular weight is 253 g/mol. The van der Waals surface area contributed by atoms with Gasteiger partial charge in [-0.15, -0.1) is 10.2 Å². The molecule has 0 bridgehead atoms. The number of amides is 2. The smallest absolute Gasteiger partial charge is 0.271 e. The fraction of sp³-hybridized carbons (Fsp3) is 0.400. The molecule has 0 aliphatic carbocycles. The fourth-order valence-electron chi connectivity index (χ4n) is 1.10. The lowest BCUT2D eigenvalue weighted by atomic mass is 10.3. The van der Waals surface area contributed by atoms with Crippen LogP contribution in [0.15, 0.2) is 12.1 Å². The lowest BCUT2D eigenvalue weighted by Crippen LogP contribution is -2.34. The van der Waals surface area contributed by atoms with Gasteiger partial charge in [0.15, 0.2) is 5.69 Å². The molecule has 8 nitrogen and oxygen atoms in total. The maximum Gasteiger partial charge on any atom is 0.271 e. The first-order valence-electron chi connectivity index (χ1n) is 5.37. The van der Waals surface area contributed by atoms with Crippen LogP contribution in [-0.2, 0) is 4.79 Å². The van der Waals surface area contributed by atoms with Crippen LogP contribution in [0.4, 0.5) is 5.82 Å². The summed E-state index contributed by atoms with van der Waals surface area (Å²) in [6, 6.07) is 3.00. The molecule has 5 N–H and O–H groups in total. The number of anilines is 1. The normalized spacial score (nSPS) is 11.7. The maximum absolute atomic E-state index is 11.4. The number of aromatic nitrogens is 2. The van der Waals surface area contributed by atoms with Crippen molar-refractivity contribution in [2.24, 2.45) is 5.73 Å². The Kier molecular flexibility index (Phi) is 5.00. The molecule has 8 heteroatoms. The van der Waals surface area contributed by atoms with Gasteiger partial charge in [-0.3, -0.25) is 9.59 Å². The van der Waals surface area contributed by atoms with Crippen molar-refractivity contribution < 1.29 is 14.7 Å². The lowest BCUT2D eigenvalue weighted by Gasteiger charge is -2.08. The number of hydrogen-bond acceptors (Lipinski definition) is 6. The molecular weight excluding hydrogens is 238 g/mol. The van der Waals surface area contributed by atoms with Crippen LogP contribution in [0.5, 0.6) is 0 Å². The third kappa shape index (κ3) is 3.98. The van der Waals surface area contributed by atoms with E-state index in [0.717, 1.165) is 0 Å². The molecule has 0 spiro atoms. The van der Waals surface area contributed by atoms with Crippen LogP contribution in [0.25, 0.3) is 0 Å². The number of hydrogen-bond donors (Lipinski definition) is 4. The number of nitrogens with one attached hydrogen (secondary N) is 2. The van der Waals surface area contributed by atoms with Crippen molar-refractivity contribution in [3.8, 4) is 0 Å². The molecule has 98 valence electrons. The van der Waals surface area contributed by atoms with E-state index in [1.54, 1.807) is 6.92 Å². The van der Waals surface area contributed by atoms with Crippen LogP contribution in [0.2, 0.25) is 0 Å². The lowest BCUT2D eigenvalue weighted by molar-refractivity contribution is -0.125. The summed E-state index contributed by atoms with van der Waals surface area (Å²) < 4.78 is 0. The van der Waals surface area contributed by atoms with Gasteiger partial charge in [-0.2, -0.15) is 0 Å². The van der Waals surface area contributed by atoms with E-state index in [2.05, 4.69) is 20.8 Å². The van der Waals surface area contributed by atoms with Crippen LogP contribution < -0.4 is 16.4 Å². The Morgan fingerprint density at radius 1 is 1.44 bits per heavy atom. The van der Waals surface area contributed by atoms with Gasteiger partial charge >= 0.3 is 0 Å². The molecule has 2 amide bonds. The summed E-state index contributed by atoms with van der Waals surface area (Å²) in [7, 11) is 0. The molecule has 0 aliphatic rings. The molecule has 0 saturated heterocycles. The second-order valence-corrected chi connectivity index (χ2v) is 3.46. The summed E-state index contributed by atoms with van der Waals surface area (Å²) >= 11 is 0. The monoisotopic (exact) mass is 253 g/mol. The largest absolute Gasteiger partial charge is 0.381 e. The number of aliphatic hydroxyl groups excluding tert-OH is 1. The van der Waals surface area contributed by atoms with E-state index in [1.165, 1.54) is 12.1 Å². The zero-order chi connectivity index (χ0) is 13.5. The van der Waals surface area contributed by atoms with E-state index in [-0.39, 0.29) is 18.1 Å². The van der Waals surface area contributed by atoms with Crippen molar-refractivity contribution in [2.75, 3.05) is 18.4 Å². The molecule has 1 heterocycles. The van der Waals surface area contributed by atoms with E-state index in [4.69, 9.17) is 10.8 Å². The SMILES string of the molecule is CCNC(=O)c1ccc(NCC(O)C(N)=O)nn1. The van der Waals surface area contributed by atoms with E-state index < -0.39 is 12.0 Å². The van der Waals surface area contributed by atoms with Crippen LogP contribution in [0.3, 0.4) is 0 Å². The highest BCUT2D eigenvalue weighted by molar-refractivity contribution is 5.92. The summed E-state index contributed by atoms with van der Waals surface area (Å²) in [6.45, 7) is 2.24. The highest BCUT2D eigenvalue weighted by Gasteiger charge is 2.11. The Morgan fingerprint density at radius 3 is 2.67 bits per heavy atom. The molecular formula is C10H15N5O3. The standard InChI is InChI=1S/C10H15N5O3/c1-2-12-10(18)6-3-4-8(15-14-6)13-5-7(16)9(11)17/h3-4,7,16H,2,5H2,1H3,(H2,11,17)(H,12,18)(H,13,15). The zero-order valence-electron chi connectivity index (χ0n) is 9.88. The van der Waals surface area contributed by atoms with Gasteiger partial charge in [-0.05, 0) is 19.1 Å². The predicted octanol–water partition coefficient (Wildman–Crippen LogP) is -1.52. The zero-order valence-corrected chi connectivity index (χ0v) is 9.88. The minimum atomic E-state index is -1.30. The van der Waals surface area contributed by atoms with Crippen LogP contribution in [0, 0.1) is 0 Å². The number of nitrogens with zero attached hydrogens (tertiary/aromatic N) is 2. The van der Waals surface area contributed by atoms with Crippen molar-refractivity contribution in [3.63, 3.8) is 0 Å². The minimum Gasteiger partial charge on any atom is -0.381 e. The van der Waals surface area contributed by atoms with Gasteiger partial charge in [0.1, 0.15) is 11.9 Å². The van der Waals surface area contributed by atoms with E-state index >= 15 is 0 Å². The van der Waals surface area contributed by atoms with Crippen LogP contribution in [0.1, 0.15) is 17.4 Å². The molecule has 0 aliphatic heterocycles. The molecule has 1 aromatic heterocycles. The number of aliphatic hydroxyl groups is 1. The number of carbonyl (C=O) groups excluding carboxylic acids is 2. The second kappa shape index (κ2) is 6.50. The quantitative estimate of drug-likeness (QED) is 0.487. The van der Waals surface area contributed by atoms with Gasteiger partial charge in [0.2, 0.25) is 5.91 Å². The van der Waals surface area contributed by atoms with Crippen molar-refractivity contribution >= 4 is 17.6 Å². The minimum absolute atomic E-state index is 0.0650. The topological polar surface area (TPSA) is 130 Å². The first-order valence-corrected chi connectivity index (χ1v) is 5.37. The van der Waals surface area contributed by atoms with Gasteiger partial charge in [-0.1, -0.05) is 0 Å². The van der Waals surface area contributed by atoms with Gasteiger partial charge in [0.05, 0.1) is 6.54 Å². The van der Waals surface area contributed by atoms with Gasteiger partial charge < -0.3 is 21.5 Å². The number of rotatable bonds is 6. The number of nitrogens with two attached hydrogens (primary N) is 1. The van der Waals surface area contributed by atoms with Gasteiger partial charge in [-0.25, -0.2) is 0 Å². The van der Waals surface area contributed by atoms with Crippen LogP contribution >= 0.6 is 0 Å². The van der Waals surface area contributed by atoms with Crippen molar-refractivity contribution in [1.82, 2.24) is 15.5 Å². The summed E-state index contributed by atoms with van der Waals surface area (Å²) in [5.74, 6) is -0.800. The van der Waals surface area contributed by atoms with Crippen molar-refractivity contribution in [3.05, 3.63) is 17.8 Å². The maximum atomic E-state index is 11.4. The third-order valence-corrected chi connectivity index (χ3v) is 2.04. The Hall–Kier alpha value is -2.22. The van der Waals surface area contributed by atoms with E-state index in [0.29, 0.717) is 12.4 Å². The molecule has 1 atom stereocenters. The van der Waals surface area contributed by atoms with E-state index in [1.807, 2.05) is 0 Å². The summed E-state index contributed by atoms with van der Waals surface area (Å²) in [5, 5.41) is 21.8. The molecule has 0 fully saturated rings. The van der Waals surface area contributed by atoms with Crippen LogP contribution in [-0.4, -0.2) is 46.3 Å². The predicted molar refractivity (Wildman–Crippen MR) is 63.7 cm³/mol. The number of primary amides is 1. The summed E-state index contributed by atoms with van der Waals surface area (Å²) in [5.41, 5.74) is 5.07. The molecule has 18 heavy (non-hydrogen) atoms. The fourth-order valence-corrected chi connectivity index (χ4v) is 1.10. The third-order valence-electron chi connectivity index (χ3n) is 2.04. The summed E-state index contributed by atoms with van der Waals surface area (Å²) in [4.78, 5) is 22.0. The molecule has 1 unspecified atom stereocenters. The second-order valence-electron chi connectivity index (χ2n) is 3.46. The molecule has 1 rings (SSSR count). The van der Waals surface area contributed by atoms with Gasteiger partial charge in [0, 0.05) is 6.54 Å². The Bertz CT molecular complexity index is 420. The van der Waals surface area contributed by atoms with Crippen molar-refractivity contribution in [1.29, 1.82) is 0 Å². The molecule has 0 radical (unpaired) electrons. The van der Waals surface area contributed by atoms with E-state index in [9.17, 15) is 9.59 Å². The molecule has 0 saturated carbocycles. The van der Waals surface area contributed by atoms with Crippen molar-refractivity contribution in [2.45, 2.75) is 13.0 Å². The average Bonchev–Trinajstić information content (AvgIpc) is 2.36. The van der Waals surface area contributed by atoms with Gasteiger partial charge in [0.25, 0.3) is 5.91 Å². The highest BCUT2D eigenvalue weighted by atomic mass is 16.3. The first-order chi connectivity index (χ1) is 8.54. The number of carbonyl (C=O) groups is 2. The Balaban J connectivity index is 2.55. The first kappa shape index (κ1) is 13.8.